The van der Waals surface area contributed by atoms with Crippen LogP contribution in [0, 0.1) is 5.82 Å². The minimum absolute atomic E-state index is 0.224. The second-order valence-corrected chi connectivity index (χ2v) is 7.44. The molecule has 2 aromatic heterocycles. The van der Waals surface area contributed by atoms with Gasteiger partial charge in [0.25, 0.3) is 0 Å². The molecule has 0 spiro atoms. The molecule has 1 aromatic carbocycles. The third-order valence-electron chi connectivity index (χ3n) is 3.25. The minimum atomic E-state index is -0.362. The Hall–Kier alpha value is -2.25. The molecular weight excluding hydrogens is 393 g/mol. The van der Waals surface area contributed by atoms with Crippen molar-refractivity contribution >= 4 is 39.2 Å². The van der Waals surface area contributed by atoms with Gasteiger partial charge in [0.2, 0.25) is 5.91 Å². The summed E-state index contributed by atoms with van der Waals surface area (Å²) < 4.78 is 16.7. The number of nitrogens with zero attached hydrogens (tertiary/aromatic N) is 2. The van der Waals surface area contributed by atoms with Crippen LogP contribution in [-0.2, 0) is 11.3 Å². The van der Waals surface area contributed by atoms with Crippen molar-refractivity contribution < 1.29 is 9.18 Å². The van der Waals surface area contributed by atoms with E-state index in [0.717, 1.165) is 8.66 Å². The summed E-state index contributed by atoms with van der Waals surface area (Å²) in [7, 11) is 0. The minimum Gasteiger partial charge on any atom is -0.348 e. The standard InChI is InChI=1S/C17H13BrFN3OS/c18-16-5-2-13(24-16)3-6-17(23)21-10-12-1-4-15(14(19)9-12)22-8-7-20-11-22/h1-9,11H,10H2,(H,21,23)/b6-3+. The zero-order valence-corrected chi connectivity index (χ0v) is 14.8. The Bertz CT molecular complexity index is 874. The Morgan fingerprint density at radius 1 is 1.38 bits per heavy atom. The quantitative estimate of drug-likeness (QED) is 0.647. The van der Waals surface area contributed by atoms with Crippen LogP contribution in [0.2, 0.25) is 0 Å². The van der Waals surface area contributed by atoms with E-state index in [1.54, 1.807) is 35.2 Å². The van der Waals surface area contributed by atoms with Crippen molar-refractivity contribution in [1.82, 2.24) is 14.9 Å². The van der Waals surface area contributed by atoms with E-state index in [0.29, 0.717) is 11.3 Å². The molecule has 4 nitrogen and oxygen atoms in total. The third-order valence-corrected chi connectivity index (χ3v) is 4.84. The number of imidazole rings is 1. The zero-order valence-electron chi connectivity index (χ0n) is 12.4. The Balaban J connectivity index is 1.59. The lowest BCUT2D eigenvalue weighted by Crippen LogP contribution is -2.20. The summed E-state index contributed by atoms with van der Waals surface area (Å²) in [6, 6.07) is 8.70. The number of carbonyl (C=O) groups excluding carboxylic acids is 1. The highest BCUT2D eigenvalue weighted by Gasteiger charge is 2.06. The van der Waals surface area contributed by atoms with Crippen molar-refractivity contribution in [2.24, 2.45) is 0 Å². The van der Waals surface area contributed by atoms with Crippen LogP contribution in [0.15, 0.2) is 58.9 Å². The summed E-state index contributed by atoms with van der Waals surface area (Å²) in [5.41, 5.74) is 1.11. The molecule has 0 saturated carbocycles. The average molecular weight is 406 g/mol. The fraction of sp³-hybridized carbons (Fsp3) is 0.0588. The van der Waals surface area contributed by atoms with Crippen molar-refractivity contribution in [3.05, 3.63) is 75.2 Å². The van der Waals surface area contributed by atoms with E-state index in [1.165, 1.54) is 29.8 Å². The summed E-state index contributed by atoms with van der Waals surface area (Å²) in [6.45, 7) is 0.262. The van der Waals surface area contributed by atoms with Crippen LogP contribution in [0.25, 0.3) is 11.8 Å². The summed E-state index contributed by atoms with van der Waals surface area (Å²) >= 11 is 4.91. The number of benzene rings is 1. The van der Waals surface area contributed by atoms with E-state index in [-0.39, 0.29) is 18.3 Å². The van der Waals surface area contributed by atoms with Crippen LogP contribution in [0.4, 0.5) is 4.39 Å². The predicted molar refractivity (Wildman–Crippen MR) is 96.4 cm³/mol. The highest BCUT2D eigenvalue weighted by Crippen LogP contribution is 2.22. The molecule has 0 aliphatic heterocycles. The van der Waals surface area contributed by atoms with E-state index in [2.05, 4.69) is 26.2 Å². The number of aromatic nitrogens is 2. The van der Waals surface area contributed by atoms with Gasteiger partial charge in [-0.3, -0.25) is 4.79 Å². The van der Waals surface area contributed by atoms with E-state index < -0.39 is 0 Å². The highest BCUT2D eigenvalue weighted by atomic mass is 79.9. The molecule has 0 aliphatic rings. The maximum Gasteiger partial charge on any atom is 0.244 e. The smallest absolute Gasteiger partial charge is 0.244 e. The predicted octanol–water partition coefficient (Wildman–Crippen LogP) is 4.17. The maximum absolute atomic E-state index is 14.1. The number of nitrogens with one attached hydrogen (secondary N) is 1. The van der Waals surface area contributed by atoms with E-state index in [9.17, 15) is 9.18 Å². The molecule has 0 fully saturated rings. The molecule has 0 aliphatic carbocycles. The molecule has 24 heavy (non-hydrogen) atoms. The highest BCUT2D eigenvalue weighted by molar-refractivity contribution is 9.11. The number of rotatable bonds is 5. The monoisotopic (exact) mass is 405 g/mol. The van der Waals surface area contributed by atoms with Gasteiger partial charge in [-0.05, 0) is 51.8 Å². The lowest BCUT2D eigenvalue weighted by atomic mass is 10.2. The van der Waals surface area contributed by atoms with Gasteiger partial charge in [-0.1, -0.05) is 6.07 Å². The molecule has 1 amide bonds. The van der Waals surface area contributed by atoms with Crippen LogP contribution < -0.4 is 5.32 Å². The van der Waals surface area contributed by atoms with Gasteiger partial charge in [0, 0.05) is 29.9 Å². The molecule has 0 radical (unpaired) electrons. The van der Waals surface area contributed by atoms with Crippen LogP contribution in [0.1, 0.15) is 10.4 Å². The molecule has 0 saturated heterocycles. The van der Waals surface area contributed by atoms with Crippen molar-refractivity contribution in [1.29, 1.82) is 0 Å². The molecule has 3 aromatic rings. The first-order valence-corrected chi connectivity index (χ1v) is 8.71. The van der Waals surface area contributed by atoms with E-state index in [4.69, 9.17) is 0 Å². The first-order valence-electron chi connectivity index (χ1n) is 7.10. The van der Waals surface area contributed by atoms with Crippen molar-refractivity contribution in [3.8, 4) is 5.69 Å². The van der Waals surface area contributed by atoms with Gasteiger partial charge in [-0.25, -0.2) is 9.37 Å². The van der Waals surface area contributed by atoms with E-state index >= 15 is 0 Å². The molecule has 0 atom stereocenters. The maximum atomic E-state index is 14.1. The first-order chi connectivity index (χ1) is 11.6. The Labute approximate surface area is 150 Å². The molecule has 0 bridgehead atoms. The summed E-state index contributed by atoms with van der Waals surface area (Å²) in [5.74, 6) is -0.586. The molecule has 3 rings (SSSR count). The molecular formula is C17H13BrFN3OS. The molecule has 122 valence electrons. The molecule has 2 heterocycles. The van der Waals surface area contributed by atoms with Gasteiger partial charge in [-0.2, -0.15) is 0 Å². The average Bonchev–Trinajstić information content (AvgIpc) is 3.23. The van der Waals surface area contributed by atoms with Gasteiger partial charge < -0.3 is 9.88 Å². The van der Waals surface area contributed by atoms with Gasteiger partial charge in [0.05, 0.1) is 15.8 Å². The zero-order chi connectivity index (χ0) is 16.9. The number of hydrogen-bond acceptors (Lipinski definition) is 3. The number of hydrogen-bond donors (Lipinski definition) is 1. The summed E-state index contributed by atoms with van der Waals surface area (Å²) in [6.07, 6.45) is 8.01. The lowest BCUT2D eigenvalue weighted by Gasteiger charge is -2.07. The van der Waals surface area contributed by atoms with Gasteiger partial charge >= 0.3 is 0 Å². The van der Waals surface area contributed by atoms with Crippen molar-refractivity contribution in [2.45, 2.75) is 6.54 Å². The number of thiophene rings is 1. The number of amides is 1. The molecule has 7 heteroatoms. The van der Waals surface area contributed by atoms with Crippen molar-refractivity contribution in [3.63, 3.8) is 0 Å². The Kier molecular flexibility index (Phi) is 5.22. The summed E-state index contributed by atoms with van der Waals surface area (Å²) in [5, 5.41) is 2.74. The number of carbonyl (C=O) groups is 1. The third kappa shape index (κ3) is 4.18. The molecule has 0 unspecified atom stereocenters. The first kappa shape index (κ1) is 16.6. The lowest BCUT2D eigenvalue weighted by molar-refractivity contribution is -0.116. The fourth-order valence-electron chi connectivity index (χ4n) is 2.10. The van der Waals surface area contributed by atoms with Gasteiger partial charge in [-0.15, -0.1) is 11.3 Å². The summed E-state index contributed by atoms with van der Waals surface area (Å²) in [4.78, 5) is 16.7. The van der Waals surface area contributed by atoms with E-state index in [1.807, 2.05) is 12.1 Å². The van der Waals surface area contributed by atoms with Crippen LogP contribution in [0.5, 0.6) is 0 Å². The second kappa shape index (κ2) is 7.55. The van der Waals surface area contributed by atoms with Crippen molar-refractivity contribution in [2.75, 3.05) is 0 Å². The van der Waals surface area contributed by atoms with Gasteiger partial charge in [0.1, 0.15) is 5.82 Å². The Morgan fingerprint density at radius 2 is 2.25 bits per heavy atom. The SMILES string of the molecule is O=C(/C=C/c1ccc(Br)s1)NCc1ccc(-n2ccnc2)c(F)c1. The van der Waals surface area contributed by atoms with Gasteiger partial charge in [0.15, 0.2) is 0 Å². The van der Waals surface area contributed by atoms with Crippen LogP contribution in [0.3, 0.4) is 0 Å². The normalized spacial score (nSPS) is 11.1. The fourth-order valence-corrected chi connectivity index (χ4v) is 3.42. The second-order valence-electron chi connectivity index (χ2n) is 4.95. The topological polar surface area (TPSA) is 46.9 Å². The largest absolute Gasteiger partial charge is 0.348 e. The Morgan fingerprint density at radius 3 is 2.92 bits per heavy atom. The molecule has 1 N–H and O–H groups in total. The number of halogens is 2. The van der Waals surface area contributed by atoms with Crippen LogP contribution in [-0.4, -0.2) is 15.5 Å². The van der Waals surface area contributed by atoms with Crippen LogP contribution >= 0.6 is 27.3 Å².